The third-order valence-corrected chi connectivity index (χ3v) is 3.47. The second-order valence-corrected chi connectivity index (χ2v) is 5.30. The number of carboxylic acids is 1. The van der Waals surface area contributed by atoms with Gasteiger partial charge in [-0.1, -0.05) is 12.1 Å². The smallest absolute Gasteiger partial charge is 0.240 e. The molecule has 1 aromatic carbocycles. The molecule has 0 bridgehead atoms. The van der Waals surface area contributed by atoms with E-state index in [0.29, 0.717) is 0 Å². The number of carbonyl (C=O) groups is 1. The highest BCUT2D eigenvalue weighted by atomic mass is 32.2. The predicted molar refractivity (Wildman–Crippen MR) is 56.2 cm³/mol. The summed E-state index contributed by atoms with van der Waals surface area (Å²) < 4.78 is 25.7. The summed E-state index contributed by atoms with van der Waals surface area (Å²) in [6, 6.07) is 4.64. The molecule has 1 rings (SSSR count). The molecule has 0 heterocycles. The van der Waals surface area contributed by atoms with Gasteiger partial charge in [-0.25, -0.2) is 13.1 Å². The van der Waals surface area contributed by atoms with Crippen molar-refractivity contribution in [1.82, 2.24) is 4.72 Å². The first-order valence-electron chi connectivity index (χ1n) is 4.66. The van der Waals surface area contributed by atoms with Gasteiger partial charge in [-0.05, 0) is 31.5 Å². The zero-order valence-electron chi connectivity index (χ0n) is 8.93. The standard InChI is InChI=1S/C10H13NO4S/c1-7(2)11-16(14,15)9-5-3-8(4-6-9)10(12)13/h3-7,11H,1-2H3,(H,12,13)/p-1. The fourth-order valence-corrected chi connectivity index (χ4v) is 2.40. The second kappa shape index (κ2) is 4.63. The number of sulfonamides is 1. The summed E-state index contributed by atoms with van der Waals surface area (Å²) in [6.07, 6.45) is 0. The molecule has 0 saturated carbocycles. The molecule has 0 amide bonds. The summed E-state index contributed by atoms with van der Waals surface area (Å²) in [6.45, 7) is 3.40. The van der Waals surface area contributed by atoms with Gasteiger partial charge in [-0.15, -0.1) is 0 Å². The van der Waals surface area contributed by atoms with E-state index in [1.807, 2.05) is 0 Å². The van der Waals surface area contributed by atoms with E-state index in [2.05, 4.69) is 4.72 Å². The molecule has 0 aliphatic heterocycles. The maximum absolute atomic E-state index is 11.6. The van der Waals surface area contributed by atoms with Crippen LogP contribution in [0.5, 0.6) is 0 Å². The van der Waals surface area contributed by atoms with Gasteiger partial charge in [0.05, 0.1) is 10.9 Å². The van der Waals surface area contributed by atoms with Crippen molar-refractivity contribution in [2.24, 2.45) is 0 Å². The maximum Gasteiger partial charge on any atom is 0.240 e. The molecular formula is C10H12NO4S-. The highest BCUT2D eigenvalue weighted by Crippen LogP contribution is 2.10. The van der Waals surface area contributed by atoms with E-state index < -0.39 is 16.0 Å². The van der Waals surface area contributed by atoms with E-state index in [9.17, 15) is 18.3 Å². The van der Waals surface area contributed by atoms with Gasteiger partial charge in [0.15, 0.2) is 0 Å². The SMILES string of the molecule is CC(C)NS(=O)(=O)c1ccc(C(=O)[O-])cc1. The third-order valence-electron chi connectivity index (χ3n) is 1.79. The molecule has 0 radical (unpaired) electrons. The summed E-state index contributed by atoms with van der Waals surface area (Å²) in [5.41, 5.74) is -0.0523. The molecule has 0 unspecified atom stereocenters. The Morgan fingerprint density at radius 1 is 1.25 bits per heavy atom. The molecule has 1 N–H and O–H groups in total. The number of rotatable bonds is 4. The zero-order valence-corrected chi connectivity index (χ0v) is 9.74. The Labute approximate surface area is 94.2 Å². The van der Waals surface area contributed by atoms with Gasteiger partial charge in [-0.3, -0.25) is 0 Å². The van der Waals surface area contributed by atoms with E-state index in [1.165, 1.54) is 24.3 Å². The molecule has 0 aliphatic carbocycles. The molecule has 0 spiro atoms. The Morgan fingerprint density at radius 2 is 1.75 bits per heavy atom. The van der Waals surface area contributed by atoms with E-state index in [1.54, 1.807) is 13.8 Å². The number of carbonyl (C=O) groups excluding carboxylic acids is 1. The average molecular weight is 242 g/mol. The van der Waals surface area contributed by atoms with Crippen LogP contribution in [0.25, 0.3) is 0 Å². The number of aromatic carboxylic acids is 1. The maximum atomic E-state index is 11.6. The minimum atomic E-state index is -3.57. The van der Waals surface area contributed by atoms with Crippen LogP contribution in [0.1, 0.15) is 24.2 Å². The first-order valence-corrected chi connectivity index (χ1v) is 6.15. The molecular weight excluding hydrogens is 230 g/mol. The van der Waals surface area contributed by atoms with Crippen molar-refractivity contribution in [3.05, 3.63) is 29.8 Å². The van der Waals surface area contributed by atoms with Crippen LogP contribution in [0.15, 0.2) is 29.2 Å². The van der Waals surface area contributed by atoms with Crippen LogP contribution in [-0.2, 0) is 10.0 Å². The van der Waals surface area contributed by atoms with Crippen molar-refractivity contribution in [3.63, 3.8) is 0 Å². The molecule has 0 saturated heterocycles. The van der Waals surface area contributed by atoms with Gasteiger partial charge in [0, 0.05) is 6.04 Å². The summed E-state index contributed by atoms with van der Waals surface area (Å²) in [4.78, 5) is 10.5. The fourth-order valence-electron chi connectivity index (χ4n) is 1.15. The van der Waals surface area contributed by atoms with Gasteiger partial charge in [0.25, 0.3) is 0 Å². The van der Waals surface area contributed by atoms with Gasteiger partial charge < -0.3 is 9.90 Å². The van der Waals surface area contributed by atoms with Crippen molar-refractivity contribution < 1.29 is 18.3 Å². The quantitative estimate of drug-likeness (QED) is 0.788. The molecule has 88 valence electrons. The highest BCUT2D eigenvalue weighted by Gasteiger charge is 2.14. The Kier molecular flexibility index (Phi) is 3.66. The van der Waals surface area contributed by atoms with Crippen LogP contribution in [0.2, 0.25) is 0 Å². The molecule has 0 aliphatic rings. The van der Waals surface area contributed by atoms with Crippen LogP contribution in [-0.4, -0.2) is 20.4 Å². The van der Waals surface area contributed by atoms with Crippen LogP contribution in [0.3, 0.4) is 0 Å². The summed E-state index contributed by atoms with van der Waals surface area (Å²) in [5.74, 6) is -1.33. The van der Waals surface area contributed by atoms with Gasteiger partial charge in [0.1, 0.15) is 0 Å². The lowest BCUT2D eigenvalue weighted by atomic mass is 10.2. The van der Waals surface area contributed by atoms with Gasteiger partial charge in [-0.2, -0.15) is 0 Å². The van der Waals surface area contributed by atoms with E-state index in [4.69, 9.17) is 0 Å². The first-order chi connectivity index (χ1) is 7.33. The van der Waals surface area contributed by atoms with Crippen molar-refractivity contribution in [2.75, 3.05) is 0 Å². The third kappa shape index (κ3) is 3.04. The minimum Gasteiger partial charge on any atom is -0.545 e. The fraction of sp³-hybridized carbons (Fsp3) is 0.300. The normalized spacial score (nSPS) is 11.7. The summed E-state index contributed by atoms with van der Waals surface area (Å²) in [7, 11) is -3.57. The van der Waals surface area contributed by atoms with E-state index in [0.717, 1.165) is 0 Å². The number of hydrogen-bond acceptors (Lipinski definition) is 4. The van der Waals surface area contributed by atoms with Crippen molar-refractivity contribution in [1.29, 1.82) is 0 Å². The van der Waals surface area contributed by atoms with Crippen LogP contribution >= 0.6 is 0 Å². The highest BCUT2D eigenvalue weighted by molar-refractivity contribution is 7.89. The Bertz CT molecular complexity index is 476. The monoisotopic (exact) mass is 242 g/mol. The Balaban J connectivity index is 3.02. The zero-order chi connectivity index (χ0) is 12.3. The lowest BCUT2D eigenvalue weighted by molar-refractivity contribution is -0.255. The Morgan fingerprint density at radius 3 is 2.12 bits per heavy atom. The summed E-state index contributed by atoms with van der Waals surface area (Å²) >= 11 is 0. The van der Waals surface area contributed by atoms with Gasteiger partial charge >= 0.3 is 0 Å². The minimum absolute atomic E-state index is 0.0335. The molecule has 6 heteroatoms. The number of hydrogen-bond donors (Lipinski definition) is 1. The average Bonchev–Trinajstić information content (AvgIpc) is 2.16. The van der Waals surface area contributed by atoms with E-state index >= 15 is 0 Å². The Hall–Kier alpha value is -1.40. The second-order valence-electron chi connectivity index (χ2n) is 3.59. The molecule has 0 fully saturated rings. The summed E-state index contributed by atoms with van der Waals surface area (Å²) in [5, 5.41) is 10.5. The van der Waals surface area contributed by atoms with Crippen molar-refractivity contribution in [2.45, 2.75) is 24.8 Å². The van der Waals surface area contributed by atoms with E-state index in [-0.39, 0.29) is 16.5 Å². The molecule has 0 atom stereocenters. The molecule has 1 aromatic rings. The first kappa shape index (κ1) is 12.7. The van der Waals surface area contributed by atoms with Gasteiger partial charge in [0.2, 0.25) is 10.0 Å². The lowest BCUT2D eigenvalue weighted by Gasteiger charge is -2.10. The van der Waals surface area contributed by atoms with Crippen LogP contribution in [0, 0.1) is 0 Å². The number of benzene rings is 1. The number of nitrogens with one attached hydrogen (secondary N) is 1. The lowest BCUT2D eigenvalue weighted by Crippen LogP contribution is -2.30. The molecule has 0 aromatic heterocycles. The topological polar surface area (TPSA) is 86.3 Å². The van der Waals surface area contributed by atoms with Crippen LogP contribution < -0.4 is 9.83 Å². The number of carboxylic acid groups (broad SMARTS) is 1. The van der Waals surface area contributed by atoms with Crippen LogP contribution in [0.4, 0.5) is 0 Å². The predicted octanol–water partition coefficient (Wildman–Crippen LogP) is -0.263. The molecule has 16 heavy (non-hydrogen) atoms. The van der Waals surface area contributed by atoms with Crippen molar-refractivity contribution >= 4 is 16.0 Å². The molecule has 5 nitrogen and oxygen atoms in total. The largest absolute Gasteiger partial charge is 0.545 e. The van der Waals surface area contributed by atoms with Crippen molar-refractivity contribution in [3.8, 4) is 0 Å².